The molecule has 1 unspecified atom stereocenters. The van der Waals surface area contributed by atoms with E-state index < -0.39 is 10.0 Å². The molecule has 2 aliphatic heterocycles. The van der Waals surface area contributed by atoms with E-state index in [1.165, 1.54) is 4.31 Å². The molecule has 1 atom stereocenters. The van der Waals surface area contributed by atoms with E-state index in [1.54, 1.807) is 13.1 Å². The highest BCUT2D eigenvalue weighted by Gasteiger charge is 2.51. The first-order valence-electron chi connectivity index (χ1n) is 7.66. The van der Waals surface area contributed by atoms with Gasteiger partial charge in [0.2, 0.25) is 10.0 Å². The van der Waals surface area contributed by atoms with Crippen LogP contribution in [0.3, 0.4) is 0 Å². The molecule has 2 saturated heterocycles. The Morgan fingerprint density at radius 1 is 1.45 bits per heavy atom. The largest absolute Gasteiger partial charge is 0.372 e. The van der Waals surface area contributed by atoms with E-state index in [1.807, 2.05) is 18.2 Å². The lowest BCUT2D eigenvalue weighted by Crippen LogP contribution is -2.67. The van der Waals surface area contributed by atoms with Crippen molar-refractivity contribution in [3.05, 3.63) is 30.1 Å². The van der Waals surface area contributed by atoms with Crippen molar-refractivity contribution in [3.63, 3.8) is 0 Å². The van der Waals surface area contributed by atoms with Gasteiger partial charge in [0, 0.05) is 32.3 Å². The summed E-state index contributed by atoms with van der Waals surface area (Å²) in [6, 6.07) is 5.76. The maximum atomic E-state index is 11.8. The molecule has 0 bridgehead atoms. The quantitative estimate of drug-likeness (QED) is 0.813. The van der Waals surface area contributed by atoms with Gasteiger partial charge in [-0.3, -0.25) is 4.98 Å². The number of hydrogen-bond donors (Lipinski definition) is 0. The number of pyridine rings is 1. The molecular formula is C15H22N2O4S. The zero-order chi connectivity index (χ0) is 15.6. The molecule has 0 aliphatic carbocycles. The van der Waals surface area contributed by atoms with Crippen LogP contribution in [0.1, 0.15) is 25.5 Å². The van der Waals surface area contributed by atoms with E-state index >= 15 is 0 Å². The minimum Gasteiger partial charge on any atom is -0.372 e. The third-order valence-electron chi connectivity index (χ3n) is 4.33. The molecule has 7 heteroatoms. The van der Waals surface area contributed by atoms with E-state index in [9.17, 15) is 8.42 Å². The molecule has 3 rings (SSSR count). The second-order valence-corrected chi connectivity index (χ2v) is 8.20. The third-order valence-corrected chi connectivity index (χ3v) is 6.10. The zero-order valence-electron chi connectivity index (χ0n) is 12.8. The number of ether oxygens (including phenoxy) is 2. The summed E-state index contributed by atoms with van der Waals surface area (Å²) < 4.78 is 37.0. The van der Waals surface area contributed by atoms with E-state index in [0.717, 1.165) is 18.5 Å². The highest BCUT2D eigenvalue weighted by atomic mass is 32.2. The summed E-state index contributed by atoms with van der Waals surface area (Å²) in [6.45, 7) is 3.67. The summed E-state index contributed by atoms with van der Waals surface area (Å²) in [7, 11) is -3.11. The Morgan fingerprint density at radius 2 is 2.27 bits per heavy atom. The molecular weight excluding hydrogens is 304 g/mol. The summed E-state index contributed by atoms with van der Waals surface area (Å²) in [5.41, 5.74) is 0.557. The third kappa shape index (κ3) is 3.32. The van der Waals surface area contributed by atoms with E-state index in [4.69, 9.17) is 9.47 Å². The second kappa shape index (κ2) is 6.23. The minimum absolute atomic E-state index is 0.0993. The fourth-order valence-electron chi connectivity index (χ4n) is 3.01. The van der Waals surface area contributed by atoms with Crippen molar-refractivity contribution >= 4 is 10.0 Å². The minimum atomic E-state index is -3.11. The fraction of sp³-hybridized carbons (Fsp3) is 0.667. The predicted molar refractivity (Wildman–Crippen MR) is 81.8 cm³/mol. The summed E-state index contributed by atoms with van der Waals surface area (Å²) in [6.07, 6.45) is 3.44. The summed E-state index contributed by atoms with van der Waals surface area (Å²) in [5.74, 6) is 0.142. The van der Waals surface area contributed by atoms with Gasteiger partial charge in [-0.2, -0.15) is 4.31 Å². The lowest BCUT2D eigenvalue weighted by atomic mass is 9.86. The monoisotopic (exact) mass is 326 g/mol. The van der Waals surface area contributed by atoms with E-state index in [0.29, 0.717) is 26.3 Å². The van der Waals surface area contributed by atoms with Crippen LogP contribution < -0.4 is 0 Å². The second-order valence-electron chi connectivity index (χ2n) is 5.95. The maximum Gasteiger partial charge on any atom is 0.214 e. The first-order chi connectivity index (χ1) is 10.5. The topological polar surface area (TPSA) is 68.7 Å². The average molecular weight is 326 g/mol. The van der Waals surface area contributed by atoms with Crippen molar-refractivity contribution in [3.8, 4) is 0 Å². The molecule has 0 aromatic carbocycles. The summed E-state index contributed by atoms with van der Waals surface area (Å²) in [4.78, 5) is 4.25. The highest BCUT2D eigenvalue weighted by molar-refractivity contribution is 7.89. The van der Waals surface area contributed by atoms with Gasteiger partial charge in [0.25, 0.3) is 0 Å². The first-order valence-corrected chi connectivity index (χ1v) is 9.27. The van der Waals surface area contributed by atoms with Gasteiger partial charge in [0.15, 0.2) is 0 Å². The molecule has 0 amide bonds. The van der Waals surface area contributed by atoms with Crippen molar-refractivity contribution in [1.29, 1.82) is 0 Å². The van der Waals surface area contributed by atoms with Crippen LogP contribution in [-0.4, -0.2) is 54.9 Å². The molecule has 6 nitrogen and oxygen atoms in total. The molecule has 1 aromatic rings. The Kier molecular flexibility index (Phi) is 4.49. The predicted octanol–water partition coefficient (Wildman–Crippen LogP) is 1.18. The zero-order valence-corrected chi connectivity index (χ0v) is 13.6. The Hall–Kier alpha value is -1.02. The molecule has 0 radical (unpaired) electrons. The molecule has 22 heavy (non-hydrogen) atoms. The van der Waals surface area contributed by atoms with Gasteiger partial charge in [-0.15, -0.1) is 0 Å². The molecule has 1 aromatic heterocycles. The van der Waals surface area contributed by atoms with Crippen LogP contribution in [0, 0.1) is 0 Å². The highest BCUT2D eigenvalue weighted by Crippen LogP contribution is 2.36. The smallest absolute Gasteiger partial charge is 0.214 e. The van der Waals surface area contributed by atoms with Crippen molar-refractivity contribution < 1.29 is 17.9 Å². The molecule has 2 fully saturated rings. The van der Waals surface area contributed by atoms with Crippen LogP contribution >= 0.6 is 0 Å². The normalized spacial score (nSPS) is 25.0. The Balaban J connectivity index is 1.53. The number of rotatable bonds is 5. The number of hydrogen-bond acceptors (Lipinski definition) is 5. The van der Waals surface area contributed by atoms with Gasteiger partial charge in [-0.05, 0) is 25.5 Å². The number of sulfonamides is 1. The van der Waals surface area contributed by atoms with Crippen LogP contribution in [0.25, 0.3) is 0 Å². The first kappa shape index (κ1) is 15.9. The van der Waals surface area contributed by atoms with Crippen LogP contribution in [0.5, 0.6) is 0 Å². The Morgan fingerprint density at radius 3 is 2.95 bits per heavy atom. The van der Waals surface area contributed by atoms with Gasteiger partial charge in [-0.1, -0.05) is 6.07 Å². The molecule has 3 heterocycles. The average Bonchev–Trinajstić information content (AvgIpc) is 2.52. The SMILES string of the molecule is CCS(=O)(=O)N1CC2(CC(OCc3ccccn3)CCO2)C1. The molecule has 1 spiro atoms. The van der Waals surface area contributed by atoms with Crippen LogP contribution in [0.2, 0.25) is 0 Å². The van der Waals surface area contributed by atoms with Crippen molar-refractivity contribution in [2.75, 3.05) is 25.4 Å². The van der Waals surface area contributed by atoms with E-state index in [2.05, 4.69) is 4.98 Å². The standard InChI is InChI=1S/C15H22N2O4S/c1-2-22(18,19)17-11-15(12-17)9-14(6-8-21-15)20-10-13-5-3-4-7-16-13/h3-5,7,14H,2,6,8-12H2,1H3. The summed E-state index contributed by atoms with van der Waals surface area (Å²) in [5, 5.41) is 0. The lowest BCUT2D eigenvalue weighted by Gasteiger charge is -2.52. The van der Waals surface area contributed by atoms with Crippen LogP contribution in [0.4, 0.5) is 0 Å². The van der Waals surface area contributed by atoms with E-state index in [-0.39, 0.29) is 17.5 Å². The molecule has 122 valence electrons. The van der Waals surface area contributed by atoms with Crippen molar-refractivity contribution in [2.24, 2.45) is 0 Å². The van der Waals surface area contributed by atoms with Crippen LogP contribution in [-0.2, 0) is 26.1 Å². The van der Waals surface area contributed by atoms with Gasteiger partial charge >= 0.3 is 0 Å². The number of aromatic nitrogens is 1. The van der Waals surface area contributed by atoms with Gasteiger partial charge in [-0.25, -0.2) is 8.42 Å². The molecule has 2 aliphatic rings. The van der Waals surface area contributed by atoms with Gasteiger partial charge in [0.1, 0.15) is 0 Å². The van der Waals surface area contributed by atoms with Crippen molar-refractivity contribution in [2.45, 2.75) is 38.1 Å². The fourth-order valence-corrected chi connectivity index (χ4v) is 4.24. The van der Waals surface area contributed by atoms with Crippen LogP contribution in [0.15, 0.2) is 24.4 Å². The van der Waals surface area contributed by atoms with Crippen molar-refractivity contribution in [1.82, 2.24) is 9.29 Å². The molecule has 0 saturated carbocycles. The van der Waals surface area contributed by atoms with Gasteiger partial charge < -0.3 is 9.47 Å². The van der Waals surface area contributed by atoms with Gasteiger partial charge in [0.05, 0.1) is 29.8 Å². The Labute approximate surface area is 131 Å². The lowest BCUT2D eigenvalue weighted by molar-refractivity contribution is -0.180. The molecule has 0 N–H and O–H groups in total. The number of nitrogens with zero attached hydrogens (tertiary/aromatic N) is 2. The maximum absolute atomic E-state index is 11.8. The summed E-state index contributed by atoms with van der Waals surface area (Å²) >= 11 is 0. The Bertz CT molecular complexity index is 599.